The average molecular weight is 224 g/mol. The third-order valence-corrected chi connectivity index (χ3v) is 3.96. The molecule has 4 heteroatoms. The first kappa shape index (κ1) is 11.6. The van der Waals surface area contributed by atoms with Crippen LogP contribution in [0.1, 0.15) is 33.1 Å². The Morgan fingerprint density at radius 2 is 2.38 bits per heavy atom. The number of hydrogen-bond donors (Lipinski definition) is 1. The molecule has 0 aromatic rings. The lowest BCUT2D eigenvalue weighted by atomic mass is 9.89. The van der Waals surface area contributed by atoms with Crippen molar-refractivity contribution in [2.75, 3.05) is 13.1 Å². The van der Waals surface area contributed by atoms with Crippen LogP contribution in [-0.4, -0.2) is 41.8 Å². The Balaban J connectivity index is 2.10. The van der Waals surface area contributed by atoms with E-state index in [4.69, 9.17) is 0 Å². The number of piperidine rings is 1. The number of ketones is 1. The van der Waals surface area contributed by atoms with Crippen molar-refractivity contribution in [2.24, 2.45) is 5.92 Å². The van der Waals surface area contributed by atoms with E-state index < -0.39 is 0 Å². The van der Waals surface area contributed by atoms with Gasteiger partial charge in [0.2, 0.25) is 5.91 Å². The number of nitrogens with zero attached hydrogens (tertiary/aromatic N) is 1. The molecule has 0 aromatic heterocycles. The third-order valence-electron chi connectivity index (χ3n) is 3.96. The van der Waals surface area contributed by atoms with Crippen LogP contribution in [-0.2, 0) is 9.59 Å². The Bertz CT molecular complexity index is 303. The smallest absolute Gasteiger partial charge is 0.224 e. The molecule has 2 heterocycles. The van der Waals surface area contributed by atoms with Crippen LogP contribution in [0.3, 0.4) is 0 Å². The van der Waals surface area contributed by atoms with E-state index >= 15 is 0 Å². The molecule has 0 bridgehead atoms. The zero-order valence-electron chi connectivity index (χ0n) is 10.0. The lowest BCUT2D eigenvalue weighted by Gasteiger charge is -2.39. The summed E-state index contributed by atoms with van der Waals surface area (Å²) in [5, 5.41) is 2.91. The molecule has 3 unspecified atom stereocenters. The number of likely N-dealkylation sites (tertiary alicyclic amines) is 1. The standard InChI is InChI=1S/C12H20N2O2/c1-3-11(15)8(2)14-6-4-5-9-10(14)7-13-12(9)16/h8-10H,3-7H2,1-2H3,(H,13,16). The predicted molar refractivity (Wildman–Crippen MR) is 61.0 cm³/mol. The second kappa shape index (κ2) is 4.53. The Hall–Kier alpha value is -0.900. The van der Waals surface area contributed by atoms with E-state index in [1.54, 1.807) is 0 Å². The van der Waals surface area contributed by atoms with Gasteiger partial charge in [0.25, 0.3) is 0 Å². The van der Waals surface area contributed by atoms with Gasteiger partial charge in [-0.1, -0.05) is 6.92 Å². The van der Waals surface area contributed by atoms with Gasteiger partial charge in [0.05, 0.1) is 12.0 Å². The van der Waals surface area contributed by atoms with Crippen molar-refractivity contribution in [1.29, 1.82) is 0 Å². The number of carbonyl (C=O) groups is 2. The zero-order valence-corrected chi connectivity index (χ0v) is 10.0. The Morgan fingerprint density at radius 3 is 3.06 bits per heavy atom. The Kier molecular flexibility index (Phi) is 3.28. The van der Waals surface area contributed by atoms with Gasteiger partial charge in [0.15, 0.2) is 0 Å². The van der Waals surface area contributed by atoms with Crippen molar-refractivity contribution < 1.29 is 9.59 Å². The number of Topliss-reactive ketones (excluding diaryl/α,β-unsaturated/α-hetero) is 1. The summed E-state index contributed by atoms with van der Waals surface area (Å²) in [4.78, 5) is 25.5. The monoisotopic (exact) mass is 224 g/mol. The molecular weight excluding hydrogens is 204 g/mol. The molecule has 3 atom stereocenters. The summed E-state index contributed by atoms with van der Waals surface area (Å²) in [6.07, 6.45) is 2.58. The molecule has 2 aliphatic rings. The topological polar surface area (TPSA) is 49.4 Å². The molecule has 2 saturated heterocycles. The molecule has 0 aliphatic carbocycles. The highest BCUT2D eigenvalue weighted by Crippen LogP contribution is 2.29. The number of fused-ring (bicyclic) bond motifs is 1. The van der Waals surface area contributed by atoms with Crippen molar-refractivity contribution in [3.05, 3.63) is 0 Å². The van der Waals surface area contributed by atoms with E-state index in [2.05, 4.69) is 10.2 Å². The van der Waals surface area contributed by atoms with Crippen LogP contribution in [0.5, 0.6) is 0 Å². The fourth-order valence-corrected chi connectivity index (χ4v) is 2.95. The SMILES string of the molecule is CCC(=O)C(C)N1CCCC2C(=O)NCC21. The molecule has 1 amide bonds. The molecule has 2 fully saturated rings. The van der Waals surface area contributed by atoms with E-state index in [9.17, 15) is 9.59 Å². The van der Waals surface area contributed by atoms with Gasteiger partial charge in [0.1, 0.15) is 5.78 Å². The number of carbonyl (C=O) groups excluding carboxylic acids is 2. The Morgan fingerprint density at radius 1 is 1.62 bits per heavy atom. The fraction of sp³-hybridized carbons (Fsp3) is 0.833. The average Bonchev–Trinajstić information content (AvgIpc) is 2.69. The molecule has 0 aromatic carbocycles. The molecule has 0 spiro atoms. The first-order chi connectivity index (χ1) is 7.65. The van der Waals surface area contributed by atoms with Gasteiger partial charge in [0, 0.05) is 19.0 Å². The van der Waals surface area contributed by atoms with Gasteiger partial charge in [-0.3, -0.25) is 14.5 Å². The van der Waals surface area contributed by atoms with Crippen molar-refractivity contribution in [3.8, 4) is 0 Å². The normalized spacial score (nSPS) is 32.0. The molecule has 0 saturated carbocycles. The molecule has 4 nitrogen and oxygen atoms in total. The summed E-state index contributed by atoms with van der Waals surface area (Å²) < 4.78 is 0. The molecule has 16 heavy (non-hydrogen) atoms. The van der Waals surface area contributed by atoms with Gasteiger partial charge < -0.3 is 5.32 Å². The highest BCUT2D eigenvalue weighted by atomic mass is 16.2. The molecule has 90 valence electrons. The van der Waals surface area contributed by atoms with Crippen LogP contribution < -0.4 is 5.32 Å². The van der Waals surface area contributed by atoms with E-state index in [1.165, 1.54) is 0 Å². The van der Waals surface area contributed by atoms with Crippen LogP contribution >= 0.6 is 0 Å². The highest BCUT2D eigenvalue weighted by molar-refractivity contribution is 5.84. The fourth-order valence-electron chi connectivity index (χ4n) is 2.95. The molecule has 2 aliphatic heterocycles. The van der Waals surface area contributed by atoms with Crippen molar-refractivity contribution in [1.82, 2.24) is 10.2 Å². The van der Waals surface area contributed by atoms with Crippen LogP contribution in [0.2, 0.25) is 0 Å². The minimum atomic E-state index is -0.0366. The van der Waals surface area contributed by atoms with Gasteiger partial charge >= 0.3 is 0 Å². The van der Waals surface area contributed by atoms with Crippen molar-refractivity contribution in [3.63, 3.8) is 0 Å². The predicted octanol–water partition coefficient (Wildman–Crippen LogP) is 0.564. The lowest BCUT2D eigenvalue weighted by molar-refractivity contribution is -0.128. The summed E-state index contributed by atoms with van der Waals surface area (Å²) in [5.41, 5.74) is 0. The van der Waals surface area contributed by atoms with Crippen LogP contribution in [0.15, 0.2) is 0 Å². The summed E-state index contributed by atoms with van der Waals surface area (Å²) in [5.74, 6) is 0.562. The molecule has 1 N–H and O–H groups in total. The van der Waals surface area contributed by atoms with Gasteiger partial charge in [-0.25, -0.2) is 0 Å². The number of amides is 1. The number of nitrogens with one attached hydrogen (secondary N) is 1. The number of hydrogen-bond acceptors (Lipinski definition) is 3. The van der Waals surface area contributed by atoms with Crippen molar-refractivity contribution in [2.45, 2.75) is 45.2 Å². The maximum Gasteiger partial charge on any atom is 0.224 e. The van der Waals surface area contributed by atoms with E-state index in [0.29, 0.717) is 13.0 Å². The van der Waals surface area contributed by atoms with Gasteiger partial charge in [-0.05, 0) is 26.3 Å². The van der Waals surface area contributed by atoms with Crippen LogP contribution in [0.4, 0.5) is 0 Å². The number of rotatable bonds is 3. The van der Waals surface area contributed by atoms with Crippen LogP contribution in [0.25, 0.3) is 0 Å². The second-order valence-electron chi connectivity index (χ2n) is 4.79. The van der Waals surface area contributed by atoms with E-state index in [-0.39, 0.29) is 29.7 Å². The zero-order chi connectivity index (χ0) is 11.7. The molecule has 2 rings (SSSR count). The van der Waals surface area contributed by atoms with E-state index in [1.807, 2.05) is 13.8 Å². The lowest BCUT2D eigenvalue weighted by Crippen LogP contribution is -2.52. The largest absolute Gasteiger partial charge is 0.354 e. The summed E-state index contributed by atoms with van der Waals surface area (Å²) >= 11 is 0. The summed E-state index contributed by atoms with van der Waals surface area (Å²) in [6, 6.07) is 0.206. The summed E-state index contributed by atoms with van der Waals surface area (Å²) in [6.45, 7) is 5.53. The quantitative estimate of drug-likeness (QED) is 0.762. The van der Waals surface area contributed by atoms with Gasteiger partial charge in [-0.2, -0.15) is 0 Å². The van der Waals surface area contributed by atoms with Crippen LogP contribution in [0, 0.1) is 5.92 Å². The first-order valence-corrected chi connectivity index (χ1v) is 6.21. The second-order valence-corrected chi connectivity index (χ2v) is 4.79. The van der Waals surface area contributed by atoms with Gasteiger partial charge in [-0.15, -0.1) is 0 Å². The third kappa shape index (κ3) is 1.86. The maximum atomic E-state index is 11.7. The summed E-state index contributed by atoms with van der Waals surface area (Å²) in [7, 11) is 0. The highest BCUT2D eigenvalue weighted by Gasteiger charge is 2.42. The maximum absolute atomic E-state index is 11.7. The minimum Gasteiger partial charge on any atom is -0.354 e. The molecule has 0 radical (unpaired) electrons. The molecular formula is C12H20N2O2. The van der Waals surface area contributed by atoms with Crippen molar-refractivity contribution >= 4 is 11.7 Å². The first-order valence-electron chi connectivity index (χ1n) is 6.21. The minimum absolute atomic E-state index is 0.0366. The van der Waals surface area contributed by atoms with E-state index in [0.717, 1.165) is 19.4 Å². The Labute approximate surface area is 96.4 Å².